The SMILES string of the molecule is Cc1nc2c(n1C1CCc3ccccc3C1O)CCCC2. The van der Waals surface area contributed by atoms with E-state index in [1.165, 1.54) is 29.8 Å². The van der Waals surface area contributed by atoms with Crippen molar-refractivity contribution in [2.75, 3.05) is 0 Å². The minimum atomic E-state index is -0.408. The van der Waals surface area contributed by atoms with E-state index in [0.717, 1.165) is 37.1 Å². The second kappa shape index (κ2) is 4.99. The molecule has 0 bridgehead atoms. The molecule has 1 heterocycles. The number of rotatable bonds is 1. The molecule has 0 aliphatic heterocycles. The highest BCUT2D eigenvalue weighted by atomic mass is 16.3. The summed E-state index contributed by atoms with van der Waals surface area (Å²) in [5.41, 5.74) is 5.05. The molecular formula is C18H22N2O. The van der Waals surface area contributed by atoms with Crippen molar-refractivity contribution in [2.45, 2.75) is 57.6 Å². The highest BCUT2D eigenvalue weighted by Crippen LogP contribution is 2.40. The number of hydrogen-bond donors (Lipinski definition) is 1. The Morgan fingerprint density at radius 2 is 1.95 bits per heavy atom. The van der Waals surface area contributed by atoms with Crippen molar-refractivity contribution in [1.29, 1.82) is 0 Å². The second-order valence-electron chi connectivity index (χ2n) is 6.38. The van der Waals surface area contributed by atoms with Crippen LogP contribution in [0.1, 0.15) is 59.7 Å². The molecule has 3 nitrogen and oxygen atoms in total. The van der Waals surface area contributed by atoms with Crippen LogP contribution in [-0.2, 0) is 19.3 Å². The first-order chi connectivity index (χ1) is 10.3. The molecule has 2 aliphatic rings. The lowest BCUT2D eigenvalue weighted by molar-refractivity contribution is 0.0960. The monoisotopic (exact) mass is 282 g/mol. The van der Waals surface area contributed by atoms with Gasteiger partial charge in [-0.2, -0.15) is 0 Å². The van der Waals surface area contributed by atoms with Gasteiger partial charge in [-0.15, -0.1) is 0 Å². The van der Waals surface area contributed by atoms with Crippen molar-refractivity contribution < 1.29 is 5.11 Å². The maximum absolute atomic E-state index is 10.9. The van der Waals surface area contributed by atoms with Crippen LogP contribution in [0, 0.1) is 6.92 Å². The van der Waals surface area contributed by atoms with Gasteiger partial charge >= 0.3 is 0 Å². The summed E-state index contributed by atoms with van der Waals surface area (Å²) >= 11 is 0. The fourth-order valence-corrected chi connectivity index (χ4v) is 4.13. The van der Waals surface area contributed by atoms with Gasteiger partial charge in [0.2, 0.25) is 0 Å². The lowest BCUT2D eigenvalue weighted by atomic mass is 9.85. The van der Waals surface area contributed by atoms with Crippen molar-refractivity contribution >= 4 is 0 Å². The fraction of sp³-hybridized carbons (Fsp3) is 0.500. The topological polar surface area (TPSA) is 38.0 Å². The quantitative estimate of drug-likeness (QED) is 0.871. The average Bonchev–Trinajstić information content (AvgIpc) is 2.84. The number of hydrogen-bond acceptors (Lipinski definition) is 2. The molecule has 110 valence electrons. The molecule has 21 heavy (non-hydrogen) atoms. The Balaban J connectivity index is 1.77. The molecule has 1 aromatic heterocycles. The largest absolute Gasteiger partial charge is 0.386 e. The number of nitrogens with zero attached hydrogens (tertiary/aromatic N) is 2. The molecule has 3 heteroatoms. The summed E-state index contributed by atoms with van der Waals surface area (Å²) in [4.78, 5) is 4.77. The van der Waals surface area contributed by atoms with E-state index in [9.17, 15) is 5.11 Å². The standard InChI is InChI=1S/C18H22N2O/c1-12-19-15-8-4-5-9-16(15)20(12)17-11-10-13-6-2-3-7-14(13)18(17)21/h2-3,6-7,17-18,21H,4-5,8-11H2,1H3. The second-order valence-corrected chi connectivity index (χ2v) is 6.38. The van der Waals surface area contributed by atoms with Crippen molar-refractivity contribution in [3.8, 4) is 0 Å². The van der Waals surface area contributed by atoms with E-state index in [1.54, 1.807) is 0 Å². The molecule has 2 unspecified atom stereocenters. The highest BCUT2D eigenvalue weighted by molar-refractivity contribution is 5.33. The number of aromatic nitrogens is 2. The Kier molecular flexibility index (Phi) is 3.11. The van der Waals surface area contributed by atoms with Crippen LogP contribution in [0.2, 0.25) is 0 Å². The number of aliphatic hydroxyl groups excluding tert-OH is 1. The molecule has 2 aliphatic carbocycles. The van der Waals surface area contributed by atoms with Gasteiger partial charge < -0.3 is 9.67 Å². The Morgan fingerprint density at radius 1 is 1.14 bits per heavy atom. The summed E-state index contributed by atoms with van der Waals surface area (Å²) in [7, 11) is 0. The van der Waals surface area contributed by atoms with E-state index in [1.807, 2.05) is 6.07 Å². The average molecular weight is 282 g/mol. The van der Waals surface area contributed by atoms with Gasteiger partial charge in [0.25, 0.3) is 0 Å². The first-order valence-electron chi connectivity index (χ1n) is 8.08. The molecule has 0 fully saturated rings. The van der Waals surface area contributed by atoms with Gasteiger partial charge in [-0.1, -0.05) is 24.3 Å². The third kappa shape index (κ3) is 2.03. The molecule has 1 aromatic carbocycles. The van der Waals surface area contributed by atoms with Gasteiger partial charge in [-0.05, 0) is 56.6 Å². The summed E-state index contributed by atoms with van der Waals surface area (Å²) < 4.78 is 2.34. The van der Waals surface area contributed by atoms with Crippen LogP contribution in [0.3, 0.4) is 0 Å². The molecule has 0 amide bonds. The first kappa shape index (κ1) is 13.1. The van der Waals surface area contributed by atoms with Crippen LogP contribution < -0.4 is 0 Å². The van der Waals surface area contributed by atoms with Gasteiger partial charge in [0, 0.05) is 5.69 Å². The van der Waals surface area contributed by atoms with Crippen LogP contribution in [0.4, 0.5) is 0 Å². The van der Waals surface area contributed by atoms with E-state index >= 15 is 0 Å². The van der Waals surface area contributed by atoms with Gasteiger partial charge in [0.05, 0.1) is 17.8 Å². The molecule has 0 spiro atoms. The van der Waals surface area contributed by atoms with E-state index < -0.39 is 6.10 Å². The van der Waals surface area contributed by atoms with Crippen molar-refractivity contribution in [2.24, 2.45) is 0 Å². The normalized spacial score (nSPS) is 24.5. The van der Waals surface area contributed by atoms with Gasteiger partial charge in [0.1, 0.15) is 5.82 Å². The zero-order valence-corrected chi connectivity index (χ0v) is 12.5. The molecule has 0 saturated carbocycles. The summed E-state index contributed by atoms with van der Waals surface area (Å²) in [5, 5.41) is 10.9. The molecule has 0 radical (unpaired) electrons. The van der Waals surface area contributed by atoms with Crippen LogP contribution >= 0.6 is 0 Å². The number of aliphatic hydroxyl groups is 1. The number of fused-ring (bicyclic) bond motifs is 2. The van der Waals surface area contributed by atoms with Crippen LogP contribution in [-0.4, -0.2) is 14.7 Å². The van der Waals surface area contributed by atoms with E-state index in [4.69, 9.17) is 4.98 Å². The summed E-state index contributed by atoms with van der Waals surface area (Å²) in [6.45, 7) is 2.09. The van der Waals surface area contributed by atoms with Gasteiger partial charge in [-0.25, -0.2) is 4.98 Å². The first-order valence-corrected chi connectivity index (χ1v) is 8.08. The Bertz CT molecular complexity index is 674. The third-order valence-corrected chi connectivity index (χ3v) is 5.13. The number of imidazole rings is 1. The molecule has 0 saturated heterocycles. The lowest BCUT2D eigenvalue weighted by Crippen LogP contribution is -2.26. The van der Waals surface area contributed by atoms with Crippen molar-refractivity contribution in [3.05, 3.63) is 52.6 Å². The van der Waals surface area contributed by atoms with Crippen molar-refractivity contribution in [1.82, 2.24) is 9.55 Å². The number of aryl methyl sites for hydroxylation is 3. The zero-order chi connectivity index (χ0) is 14.4. The van der Waals surface area contributed by atoms with E-state index in [2.05, 4.69) is 29.7 Å². The van der Waals surface area contributed by atoms with Crippen molar-refractivity contribution in [3.63, 3.8) is 0 Å². The van der Waals surface area contributed by atoms with Gasteiger partial charge in [0.15, 0.2) is 0 Å². The Morgan fingerprint density at radius 3 is 2.86 bits per heavy atom. The van der Waals surface area contributed by atoms with E-state index in [-0.39, 0.29) is 6.04 Å². The fourth-order valence-electron chi connectivity index (χ4n) is 4.13. The predicted octanol–water partition coefficient (Wildman–Crippen LogP) is 3.29. The summed E-state index contributed by atoms with van der Waals surface area (Å²) in [5.74, 6) is 1.07. The molecule has 2 aromatic rings. The molecule has 4 rings (SSSR count). The third-order valence-electron chi connectivity index (χ3n) is 5.13. The van der Waals surface area contributed by atoms with Crippen LogP contribution in [0.15, 0.2) is 24.3 Å². The van der Waals surface area contributed by atoms with E-state index in [0.29, 0.717) is 0 Å². The smallest absolute Gasteiger partial charge is 0.106 e. The molecule has 1 N–H and O–H groups in total. The highest BCUT2D eigenvalue weighted by Gasteiger charge is 2.32. The lowest BCUT2D eigenvalue weighted by Gasteiger charge is -2.33. The summed E-state index contributed by atoms with van der Waals surface area (Å²) in [6, 6.07) is 8.46. The minimum Gasteiger partial charge on any atom is -0.386 e. The molecule has 2 atom stereocenters. The Hall–Kier alpha value is -1.61. The summed E-state index contributed by atoms with van der Waals surface area (Å²) in [6.07, 6.45) is 6.35. The zero-order valence-electron chi connectivity index (χ0n) is 12.5. The van der Waals surface area contributed by atoms with Crippen LogP contribution in [0.5, 0.6) is 0 Å². The van der Waals surface area contributed by atoms with Gasteiger partial charge in [-0.3, -0.25) is 0 Å². The minimum absolute atomic E-state index is 0.147. The maximum Gasteiger partial charge on any atom is 0.106 e. The Labute approximate surface area is 125 Å². The maximum atomic E-state index is 10.9. The number of benzene rings is 1. The van der Waals surface area contributed by atoms with Crippen LogP contribution in [0.25, 0.3) is 0 Å². The molecular weight excluding hydrogens is 260 g/mol. The predicted molar refractivity (Wildman–Crippen MR) is 82.4 cm³/mol.